The van der Waals surface area contributed by atoms with Crippen LogP contribution in [0.5, 0.6) is 0 Å². The van der Waals surface area contributed by atoms with E-state index < -0.39 is 0 Å². The fourth-order valence-electron chi connectivity index (χ4n) is 2.86. The van der Waals surface area contributed by atoms with Crippen molar-refractivity contribution in [1.82, 2.24) is 14.5 Å². The Morgan fingerprint density at radius 1 is 1.18 bits per heavy atom. The molecule has 140 valence electrons. The van der Waals surface area contributed by atoms with Crippen molar-refractivity contribution in [3.8, 4) is 11.3 Å². The Kier molecular flexibility index (Phi) is 4.93. The molecule has 6 nitrogen and oxygen atoms in total. The van der Waals surface area contributed by atoms with Crippen molar-refractivity contribution < 1.29 is 4.79 Å². The molecule has 0 spiro atoms. The Bertz CT molecular complexity index is 1230. The van der Waals surface area contributed by atoms with Gasteiger partial charge >= 0.3 is 0 Å². The Labute approximate surface area is 169 Å². The predicted octanol–water partition coefficient (Wildman–Crippen LogP) is 4.12. The second-order valence-corrected chi connectivity index (χ2v) is 7.81. The Morgan fingerprint density at radius 3 is 2.71 bits per heavy atom. The highest BCUT2D eigenvalue weighted by Gasteiger charge is 2.13. The van der Waals surface area contributed by atoms with E-state index in [9.17, 15) is 9.59 Å². The zero-order valence-electron chi connectivity index (χ0n) is 14.8. The fraction of sp³-hybridized carbons (Fsp3) is 0.100. The highest BCUT2D eigenvalue weighted by Crippen LogP contribution is 2.31. The van der Waals surface area contributed by atoms with Crippen molar-refractivity contribution in [3.63, 3.8) is 0 Å². The zero-order valence-corrected chi connectivity index (χ0v) is 16.4. The first-order valence-corrected chi connectivity index (χ1v) is 9.68. The third kappa shape index (κ3) is 3.67. The van der Waals surface area contributed by atoms with Gasteiger partial charge in [0.25, 0.3) is 5.56 Å². The third-order valence-electron chi connectivity index (χ3n) is 4.21. The average Bonchev–Trinajstić information content (AvgIpc) is 3.05. The molecular formula is C20H15ClN4O2S. The van der Waals surface area contributed by atoms with Crippen LogP contribution < -0.4 is 10.9 Å². The van der Waals surface area contributed by atoms with Gasteiger partial charge < -0.3 is 5.32 Å². The lowest BCUT2D eigenvalue weighted by Gasteiger charge is -2.06. The van der Waals surface area contributed by atoms with Crippen LogP contribution in [-0.2, 0) is 11.3 Å². The normalized spacial score (nSPS) is 10.9. The quantitative estimate of drug-likeness (QED) is 0.549. The molecule has 2 aromatic carbocycles. The molecule has 0 fully saturated rings. The number of fused-ring (bicyclic) bond motifs is 1. The van der Waals surface area contributed by atoms with Crippen LogP contribution in [0.3, 0.4) is 0 Å². The van der Waals surface area contributed by atoms with E-state index in [1.165, 1.54) is 22.2 Å². The molecule has 8 heteroatoms. The van der Waals surface area contributed by atoms with Crippen molar-refractivity contribution >= 4 is 44.9 Å². The monoisotopic (exact) mass is 410 g/mol. The van der Waals surface area contributed by atoms with Crippen LogP contribution in [0, 0.1) is 6.92 Å². The third-order valence-corrected chi connectivity index (χ3v) is 5.34. The van der Waals surface area contributed by atoms with Crippen LogP contribution in [0.25, 0.3) is 22.2 Å². The number of nitrogens with zero attached hydrogens (tertiary/aromatic N) is 3. The molecule has 0 aliphatic carbocycles. The van der Waals surface area contributed by atoms with E-state index in [1.807, 2.05) is 25.1 Å². The van der Waals surface area contributed by atoms with Crippen molar-refractivity contribution in [2.45, 2.75) is 13.5 Å². The van der Waals surface area contributed by atoms with Crippen LogP contribution in [-0.4, -0.2) is 20.4 Å². The van der Waals surface area contributed by atoms with Crippen LogP contribution >= 0.6 is 22.9 Å². The highest BCUT2D eigenvalue weighted by atomic mass is 35.5. The van der Waals surface area contributed by atoms with Gasteiger partial charge in [0, 0.05) is 15.5 Å². The Hall–Kier alpha value is -3.03. The van der Waals surface area contributed by atoms with Gasteiger partial charge in [-0.3, -0.25) is 14.2 Å². The molecule has 2 aromatic heterocycles. The van der Waals surface area contributed by atoms with Gasteiger partial charge in [0.1, 0.15) is 6.54 Å². The number of anilines is 1. The first-order chi connectivity index (χ1) is 13.5. The van der Waals surface area contributed by atoms with Crippen molar-refractivity contribution in [2.75, 3.05) is 5.32 Å². The summed E-state index contributed by atoms with van der Waals surface area (Å²) in [6, 6.07) is 14.4. The minimum absolute atomic E-state index is 0.133. The van der Waals surface area contributed by atoms with Gasteiger partial charge in [0.05, 0.1) is 22.9 Å². The molecule has 2 heterocycles. The van der Waals surface area contributed by atoms with Crippen LogP contribution in [0.15, 0.2) is 59.7 Å². The van der Waals surface area contributed by atoms with Gasteiger partial charge in [0.15, 0.2) is 5.13 Å². The largest absolute Gasteiger partial charge is 0.300 e. The van der Waals surface area contributed by atoms with E-state index in [2.05, 4.69) is 15.3 Å². The van der Waals surface area contributed by atoms with Gasteiger partial charge in [0.2, 0.25) is 5.91 Å². The molecule has 28 heavy (non-hydrogen) atoms. The Balaban J connectivity index is 1.53. The van der Waals surface area contributed by atoms with Crippen LogP contribution in [0.1, 0.15) is 4.88 Å². The Morgan fingerprint density at radius 2 is 1.93 bits per heavy atom. The van der Waals surface area contributed by atoms with E-state index in [0.29, 0.717) is 21.1 Å². The topological polar surface area (TPSA) is 76.9 Å². The molecule has 1 amide bonds. The molecule has 1 N–H and O–H groups in total. The minimum atomic E-state index is -0.337. The fourth-order valence-corrected chi connectivity index (χ4v) is 3.84. The summed E-state index contributed by atoms with van der Waals surface area (Å²) in [7, 11) is 0. The van der Waals surface area contributed by atoms with Gasteiger partial charge in [-0.05, 0) is 31.2 Å². The zero-order chi connectivity index (χ0) is 19.7. The standard InChI is InChI=1S/C20H15ClN4O2S/c1-12-18(13-6-8-14(21)9-7-13)24-20(28-12)23-17(26)10-25-11-22-16-5-3-2-4-15(16)19(25)27/h2-9,11H,10H2,1H3,(H,23,24,26). The number of aryl methyl sites for hydroxylation is 1. The minimum Gasteiger partial charge on any atom is -0.300 e. The molecule has 4 rings (SSSR count). The summed E-state index contributed by atoms with van der Waals surface area (Å²) in [4.78, 5) is 34.6. The maximum absolute atomic E-state index is 12.5. The number of thiazole rings is 1. The first-order valence-electron chi connectivity index (χ1n) is 8.48. The van der Waals surface area contributed by atoms with E-state index in [4.69, 9.17) is 11.6 Å². The van der Waals surface area contributed by atoms with E-state index >= 15 is 0 Å². The molecule has 0 radical (unpaired) electrons. The number of para-hydroxylation sites is 1. The molecule has 0 aliphatic rings. The summed E-state index contributed by atoms with van der Waals surface area (Å²) in [5.41, 5.74) is 2.07. The number of benzene rings is 2. The number of aromatic nitrogens is 3. The summed E-state index contributed by atoms with van der Waals surface area (Å²) < 4.78 is 1.29. The maximum atomic E-state index is 12.5. The number of hydrogen-bond donors (Lipinski definition) is 1. The summed E-state index contributed by atoms with van der Waals surface area (Å²) in [6.45, 7) is 1.81. The summed E-state index contributed by atoms with van der Waals surface area (Å²) in [5, 5.41) is 4.38. The lowest BCUT2D eigenvalue weighted by molar-refractivity contribution is -0.116. The number of nitrogens with one attached hydrogen (secondary N) is 1. The summed E-state index contributed by atoms with van der Waals surface area (Å²) in [5.74, 6) is -0.337. The lowest BCUT2D eigenvalue weighted by atomic mass is 10.1. The van der Waals surface area contributed by atoms with Crippen molar-refractivity contribution in [1.29, 1.82) is 0 Å². The van der Waals surface area contributed by atoms with Crippen molar-refractivity contribution in [2.24, 2.45) is 0 Å². The van der Waals surface area contributed by atoms with Gasteiger partial charge in [-0.15, -0.1) is 11.3 Å². The van der Waals surface area contributed by atoms with Crippen LogP contribution in [0.2, 0.25) is 5.02 Å². The molecule has 0 unspecified atom stereocenters. The molecular weight excluding hydrogens is 396 g/mol. The molecule has 0 bridgehead atoms. The number of carbonyl (C=O) groups excluding carboxylic acids is 1. The SMILES string of the molecule is Cc1sc(NC(=O)Cn2cnc3ccccc3c2=O)nc1-c1ccc(Cl)cc1. The van der Waals surface area contributed by atoms with Crippen LogP contribution in [0.4, 0.5) is 5.13 Å². The highest BCUT2D eigenvalue weighted by molar-refractivity contribution is 7.16. The number of halogens is 1. The van der Waals surface area contributed by atoms with E-state index in [0.717, 1.165) is 16.1 Å². The second-order valence-electron chi connectivity index (χ2n) is 6.17. The first kappa shape index (κ1) is 18.3. The molecule has 0 saturated heterocycles. The number of hydrogen-bond acceptors (Lipinski definition) is 5. The van der Waals surface area contributed by atoms with E-state index in [1.54, 1.807) is 30.3 Å². The van der Waals surface area contributed by atoms with Gasteiger partial charge in [-0.2, -0.15) is 0 Å². The lowest BCUT2D eigenvalue weighted by Crippen LogP contribution is -2.27. The molecule has 0 saturated carbocycles. The van der Waals surface area contributed by atoms with E-state index in [-0.39, 0.29) is 18.0 Å². The molecule has 4 aromatic rings. The predicted molar refractivity (Wildman–Crippen MR) is 112 cm³/mol. The smallest absolute Gasteiger partial charge is 0.261 e. The average molecular weight is 411 g/mol. The number of amides is 1. The van der Waals surface area contributed by atoms with Gasteiger partial charge in [-0.25, -0.2) is 9.97 Å². The maximum Gasteiger partial charge on any atom is 0.261 e. The van der Waals surface area contributed by atoms with Crippen molar-refractivity contribution in [3.05, 3.63) is 75.1 Å². The summed E-state index contributed by atoms with van der Waals surface area (Å²) in [6.07, 6.45) is 1.39. The summed E-state index contributed by atoms with van der Waals surface area (Å²) >= 11 is 7.31. The number of carbonyl (C=O) groups is 1. The number of rotatable bonds is 4. The second kappa shape index (κ2) is 7.53. The molecule has 0 atom stereocenters. The van der Waals surface area contributed by atoms with Gasteiger partial charge in [-0.1, -0.05) is 35.9 Å². The molecule has 0 aliphatic heterocycles.